The first kappa shape index (κ1) is 11.6. The van der Waals surface area contributed by atoms with E-state index in [4.69, 9.17) is 9.26 Å². The van der Waals surface area contributed by atoms with Gasteiger partial charge in [-0.25, -0.2) is 0 Å². The zero-order chi connectivity index (χ0) is 11.8. The van der Waals surface area contributed by atoms with Gasteiger partial charge in [-0.15, -0.1) is 0 Å². The third kappa shape index (κ3) is 1.66. The summed E-state index contributed by atoms with van der Waals surface area (Å²) in [6, 6.07) is 2.35. The summed E-state index contributed by atoms with van der Waals surface area (Å²) in [5.74, 6) is 0. The molecule has 1 aromatic rings. The Bertz CT molecular complexity index is 348. The van der Waals surface area contributed by atoms with Crippen LogP contribution in [0.1, 0.15) is 32.9 Å². The highest BCUT2D eigenvalue weighted by atomic mass is 16.5. The average Bonchev–Trinajstić information content (AvgIpc) is 2.76. The predicted molar refractivity (Wildman–Crippen MR) is 60.9 cm³/mol. The Hall–Kier alpha value is -0.870. The number of hydrogen-bond acceptors (Lipinski definition) is 4. The summed E-state index contributed by atoms with van der Waals surface area (Å²) in [4.78, 5) is 0. The second-order valence-electron chi connectivity index (χ2n) is 5.29. The minimum Gasteiger partial charge on any atom is -0.378 e. The Morgan fingerprint density at radius 2 is 2.31 bits per heavy atom. The summed E-state index contributed by atoms with van der Waals surface area (Å²) >= 11 is 0. The van der Waals surface area contributed by atoms with Crippen LogP contribution in [0, 0.1) is 5.41 Å². The molecule has 1 heterocycles. The quantitative estimate of drug-likeness (QED) is 0.849. The summed E-state index contributed by atoms with van der Waals surface area (Å²) < 4.78 is 10.4. The number of ether oxygens (including phenoxy) is 1. The fourth-order valence-corrected chi connectivity index (χ4v) is 2.38. The molecule has 2 rings (SSSR count). The Kier molecular flexibility index (Phi) is 2.80. The van der Waals surface area contributed by atoms with E-state index in [1.807, 2.05) is 6.07 Å². The Balaban J connectivity index is 1.90. The molecule has 0 saturated heterocycles. The van der Waals surface area contributed by atoms with Crippen molar-refractivity contribution in [2.45, 2.75) is 45.4 Å². The van der Waals surface area contributed by atoms with Crippen molar-refractivity contribution in [1.29, 1.82) is 0 Å². The predicted octanol–water partition coefficient (Wildman–Crippen LogP) is 1.97. The van der Waals surface area contributed by atoms with E-state index in [1.165, 1.54) is 0 Å². The molecule has 4 nitrogen and oxygen atoms in total. The molecule has 1 saturated carbocycles. The van der Waals surface area contributed by atoms with Crippen LogP contribution in [0.2, 0.25) is 0 Å². The molecule has 0 radical (unpaired) electrons. The molecular formula is C12H20N2O2. The van der Waals surface area contributed by atoms with E-state index in [0.717, 1.165) is 18.7 Å². The zero-order valence-electron chi connectivity index (χ0n) is 10.4. The molecule has 0 amide bonds. The van der Waals surface area contributed by atoms with E-state index in [2.05, 4.69) is 31.2 Å². The number of nitrogens with one attached hydrogen (secondary N) is 1. The van der Waals surface area contributed by atoms with Crippen molar-refractivity contribution in [3.05, 3.63) is 18.0 Å². The van der Waals surface area contributed by atoms with Crippen molar-refractivity contribution in [3.8, 4) is 0 Å². The van der Waals surface area contributed by atoms with Gasteiger partial charge in [0.05, 0.1) is 11.3 Å². The van der Waals surface area contributed by atoms with Gasteiger partial charge in [-0.05, 0) is 13.3 Å². The molecule has 2 atom stereocenters. The van der Waals surface area contributed by atoms with Crippen LogP contribution in [0.5, 0.6) is 0 Å². The van der Waals surface area contributed by atoms with E-state index in [9.17, 15) is 0 Å². The van der Waals surface area contributed by atoms with Gasteiger partial charge < -0.3 is 14.6 Å². The molecule has 0 spiro atoms. The van der Waals surface area contributed by atoms with Gasteiger partial charge in [0.15, 0.2) is 0 Å². The molecule has 2 unspecified atom stereocenters. The molecule has 4 heteroatoms. The lowest BCUT2D eigenvalue weighted by Crippen LogP contribution is -2.67. The molecule has 1 aromatic heterocycles. The lowest BCUT2D eigenvalue weighted by atomic mass is 9.56. The van der Waals surface area contributed by atoms with Crippen molar-refractivity contribution in [2.75, 3.05) is 7.11 Å². The Morgan fingerprint density at radius 1 is 1.56 bits per heavy atom. The van der Waals surface area contributed by atoms with Crippen LogP contribution in [0.15, 0.2) is 16.9 Å². The maximum absolute atomic E-state index is 5.58. The second-order valence-corrected chi connectivity index (χ2v) is 5.29. The van der Waals surface area contributed by atoms with Gasteiger partial charge in [-0.1, -0.05) is 19.0 Å². The number of rotatable bonds is 4. The SMILES string of the molecule is COC1(C)CC(NCc2ccon2)C1(C)C. The fourth-order valence-electron chi connectivity index (χ4n) is 2.38. The maximum Gasteiger partial charge on any atom is 0.124 e. The normalized spacial score (nSPS) is 32.4. The average molecular weight is 224 g/mol. The summed E-state index contributed by atoms with van der Waals surface area (Å²) in [7, 11) is 1.79. The summed E-state index contributed by atoms with van der Waals surface area (Å²) in [5.41, 5.74) is 1.07. The molecule has 0 aromatic carbocycles. The molecule has 0 aliphatic heterocycles. The highest BCUT2D eigenvalue weighted by molar-refractivity contribution is 5.12. The first-order valence-corrected chi connectivity index (χ1v) is 5.67. The van der Waals surface area contributed by atoms with Crippen molar-refractivity contribution in [1.82, 2.24) is 10.5 Å². The van der Waals surface area contributed by atoms with Gasteiger partial charge in [0, 0.05) is 31.2 Å². The van der Waals surface area contributed by atoms with E-state index in [0.29, 0.717) is 6.04 Å². The lowest BCUT2D eigenvalue weighted by molar-refractivity contribution is -0.180. The van der Waals surface area contributed by atoms with E-state index >= 15 is 0 Å². The van der Waals surface area contributed by atoms with Crippen LogP contribution in [0.4, 0.5) is 0 Å². The molecular weight excluding hydrogens is 204 g/mol. The van der Waals surface area contributed by atoms with Gasteiger partial charge in [0.1, 0.15) is 6.26 Å². The van der Waals surface area contributed by atoms with Crippen LogP contribution in [-0.4, -0.2) is 23.9 Å². The minimum atomic E-state index is -0.0194. The van der Waals surface area contributed by atoms with Gasteiger partial charge in [0.2, 0.25) is 0 Å². The van der Waals surface area contributed by atoms with Crippen molar-refractivity contribution in [3.63, 3.8) is 0 Å². The van der Waals surface area contributed by atoms with E-state index in [1.54, 1.807) is 13.4 Å². The van der Waals surface area contributed by atoms with Crippen LogP contribution in [0.3, 0.4) is 0 Å². The molecule has 1 aliphatic rings. The molecule has 16 heavy (non-hydrogen) atoms. The summed E-state index contributed by atoms with van der Waals surface area (Å²) in [5, 5.41) is 7.38. The molecule has 0 bridgehead atoms. The first-order valence-electron chi connectivity index (χ1n) is 5.67. The van der Waals surface area contributed by atoms with Crippen molar-refractivity contribution >= 4 is 0 Å². The summed E-state index contributed by atoms with van der Waals surface area (Å²) in [6.45, 7) is 7.40. The van der Waals surface area contributed by atoms with Crippen LogP contribution >= 0.6 is 0 Å². The lowest BCUT2D eigenvalue weighted by Gasteiger charge is -2.59. The monoisotopic (exact) mass is 224 g/mol. The number of hydrogen-bond donors (Lipinski definition) is 1. The number of methoxy groups -OCH3 is 1. The largest absolute Gasteiger partial charge is 0.378 e. The molecule has 1 N–H and O–H groups in total. The summed E-state index contributed by atoms with van der Waals surface area (Å²) in [6.07, 6.45) is 2.64. The number of nitrogens with zero attached hydrogens (tertiary/aromatic N) is 1. The van der Waals surface area contributed by atoms with Crippen molar-refractivity contribution < 1.29 is 9.26 Å². The van der Waals surface area contributed by atoms with Gasteiger partial charge in [-0.2, -0.15) is 0 Å². The standard InChI is InChI=1S/C12H20N2O2/c1-11(2)10(7-12(11,3)15-4)13-8-9-5-6-16-14-9/h5-6,10,13H,7-8H2,1-4H3. The van der Waals surface area contributed by atoms with Crippen LogP contribution in [0.25, 0.3) is 0 Å². The third-order valence-corrected chi connectivity index (χ3v) is 4.30. The Morgan fingerprint density at radius 3 is 2.81 bits per heavy atom. The third-order valence-electron chi connectivity index (χ3n) is 4.30. The highest BCUT2D eigenvalue weighted by Gasteiger charge is 2.57. The minimum absolute atomic E-state index is 0.0194. The van der Waals surface area contributed by atoms with E-state index < -0.39 is 0 Å². The highest BCUT2D eigenvalue weighted by Crippen LogP contribution is 2.51. The van der Waals surface area contributed by atoms with Crippen LogP contribution < -0.4 is 5.32 Å². The topological polar surface area (TPSA) is 47.3 Å². The van der Waals surface area contributed by atoms with Gasteiger partial charge in [0.25, 0.3) is 0 Å². The van der Waals surface area contributed by atoms with Gasteiger partial charge in [-0.3, -0.25) is 0 Å². The number of aromatic nitrogens is 1. The molecule has 1 fully saturated rings. The van der Waals surface area contributed by atoms with E-state index in [-0.39, 0.29) is 11.0 Å². The smallest absolute Gasteiger partial charge is 0.124 e. The van der Waals surface area contributed by atoms with Gasteiger partial charge >= 0.3 is 0 Å². The Labute approximate surface area is 96.3 Å². The fraction of sp³-hybridized carbons (Fsp3) is 0.750. The molecule has 1 aliphatic carbocycles. The maximum atomic E-state index is 5.58. The molecule has 90 valence electrons. The van der Waals surface area contributed by atoms with Crippen LogP contribution in [-0.2, 0) is 11.3 Å². The first-order chi connectivity index (χ1) is 7.49. The van der Waals surface area contributed by atoms with Crippen molar-refractivity contribution in [2.24, 2.45) is 5.41 Å². The second kappa shape index (κ2) is 3.86. The zero-order valence-corrected chi connectivity index (χ0v) is 10.4.